The molecule has 3 heterocycles. The van der Waals surface area contributed by atoms with Gasteiger partial charge in [-0.25, -0.2) is 0 Å². The highest BCUT2D eigenvalue weighted by molar-refractivity contribution is 5.32. The molecule has 13 atom stereocenters. The smallest absolute Gasteiger partial charge is 0.170 e. The molecule has 3 saturated heterocycles. The Morgan fingerprint density at radius 3 is 2.42 bits per heavy atom. The van der Waals surface area contributed by atoms with Crippen molar-refractivity contribution in [3.63, 3.8) is 0 Å². The molecule has 9 nitrogen and oxygen atoms in total. The van der Waals surface area contributed by atoms with Crippen molar-refractivity contribution in [2.24, 2.45) is 51.2 Å². The van der Waals surface area contributed by atoms with E-state index in [1.165, 1.54) is 44.9 Å². The highest BCUT2D eigenvalue weighted by Crippen LogP contribution is 2.89. The minimum atomic E-state index is -0.916. The number of hydrogen-bond acceptors (Lipinski definition) is 9. The molecule has 8 fully saturated rings. The molecule has 0 aromatic carbocycles. The summed E-state index contributed by atoms with van der Waals surface area (Å²) < 4.78 is 26.3. The van der Waals surface area contributed by atoms with Gasteiger partial charge in [0.1, 0.15) is 11.7 Å². The summed E-state index contributed by atoms with van der Waals surface area (Å²) in [6.45, 7) is 21.5. The third kappa shape index (κ3) is 5.39. The van der Waals surface area contributed by atoms with Crippen LogP contribution in [0.15, 0.2) is 0 Å². The molecule has 8 rings (SSSR count). The number of morpholine rings is 1. The van der Waals surface area contributed by atoms with Crippen LogP contribution in [0.4, 0.5) is 0 Å². The molecular formula is C41H70N2O7. The molecule has 0 bridgehead atoms. The van der Waals surface area contributed by atoms with Gasteiger partial charge in [-0.15, -0.1) is 0 Å². The van der Waals surface area contributed by atoms with Crippen molar-refractivity contribution in [1.82, 2.24) is 9.80 Å². The first-order valence-electron chi connectivity index (χ1n) is 20.7. The van der Waals surface area contributed by atoms with Gasteiger partial charge < -0.3 is 34.3 Å². The van der Waals surface area contributed by atoms with Crippen LogP contribution in [0.3, 0.4) is 0 Å². The standard InChI is InChI=1S/C41H70N2O7/c1-8-47-35(37(5,6)45)30-11-9-28-31(49-30)21-29-27-10-12-32-36(3,4)33(13-14-41(32)26(2)40(27,41)16-15-38(28,29)7)50-34-22-42(18-20-48-34)23-39(46)24-43(25-39)17-19-44/h26-35,44-46H,8-25H2,1-7H3/t26-,27?,28?,29?,30?,31?,32-,33-,34?,35-,38+,40-,41?/m0/s1. The van der Waals surface area contributed by atoms with E-state index in [4.69, 9.17) is 18.9 Å². The second kappa shape index (κ2) is 12.6. The van der Waals surface area contributed by atoms with E-state index < -0.39 is 11.2 Å². The van der Waals surface area contributed by atoms with Gasteiger partial charge in [-0.2, -0.15) is 0 Å². The summed E-state index contributed by atoms with van der Waals surface area (Å²) in [4.78, 5) is 4.44. The highest BCUT2D eigenvalue weighted by atomic mass is 16.7. The fourth-order valence-electron chi connectivity index (χ4n) is 15.1. The molecule has 0 radical (unpaired) electrons. The fourth-order valence-corrected chi connectivity index (χ4v) is 15.1. The Hall–Kier alpha value is -0.360. The van der Waals surface area contributed by atoms with Gasteiger partial charge in [0, 0.05) is 45.9 Å². The van der Waals surface area contributed by atoms with Crippen LogP contribution in [0, 0.1) is 51.2 Å². The maximum absolute atomic E-state index is 11.1. The predicted molar refractivity (Wildman–Crippen MR) is 191 cm³/mol. The van der Waals surface area contributed by atoms with Crippen molar-refractivity contribution in [2.75, 3.05) is 59.1 Å². The van der Waals surface area contributed by atoms with Crippen molar-refractivity contribution in [3.05, 3.63) is 0 Å². The van der Waals surface area contributed by atoms with Crippen molar-refractivity contribution in [2.45, 2.75) is 148 Å². The van der Waals surface area contributed by atoms with Crippen LogP contribution in [0.2, 0.25) is 0 Å². The van der Waals surface area contributed by atoms with Crippen molar-refractivity contribution < 1.29 is 34.3 Å². The lowest BCUT2D eigenvalue weighted by Crippen LogP contribution is -2.67. The van der Waals surface area contributed by atoms with Gasteiger partial charge >= 0.3 is 0 Å². The van der Waals surface area contributed by atoms with Gasteiger partial charge in [0.2, 0.25) is 0 Å². The Morgan fingerprint density at radius 2 is 1.70 bits per heavy atom. The third-order valence-corrected chi connectivity index (χ3v) is 17.0. The molecule has 3 N–H and O–H groups in total. The number of aliphatic hydroxyl groups excluding tert-OH is 1. The maximum Gasteiger partial charge on any atom is 0.170 e. The Labute approximate surface area is 302 Å². The van der Waals surface area contributed by atoms with Crippen LogP contribution >= 0.6 is 0 Å². The lowest BCUT2D eigenvalue weighted by Gasteiger charge is -2.60. The molecule has 0 aromatic heterocycles. The maximum atomic E-state index is 11.1. The number of β-amino-alcohol motifs (C(OH)–C–C–N with tert-alkyl or cyclic N) is 2. The zero-order chi connectivity index (χ0) is 35.5. The van der Waals surface area contributed by atoms with Crippen LogP contribution < -0.4 is 0 Å². The second-order valence-electron chi connectivity index (χ2n) is 20.0. The molecule has 5 saturated carbocycles. The summed E-state index contributed by atoms with van der Waals surface area (Å²) in [6, 6.07) is 0. The average Bonchev–Trinajstić information content (AvgIpc) is 3.42. The number of rotatable bonds is 10. The lowest BCUT2D eigenvalue weighted by atomic mass is 9.46. The summed E-state index contributed by atoms with van der Waals surface area (Å²) in [5.74, 6) is 3.56. The van der Waals surface area contributed by atoms with E-state index in [9.17, 15) is 15.3 Å². The Bertz CT molecular complexity index is 1250. The van der Waals surface area contributed by atoms with E-state index >= 15 is 0 Å². The summed E-state index contributed by atoms with van der Waals surface area (Å²) in [5.41, 5.74) is -0.313. The van der Waals surface area contributed by atoms with Crippen LogP contribution in [0.5, 0.6) is 0 Å². The van der Waals surface area contributed by atoms with Gasteiger partial charge in [0.15, 0.2) is 6.29 Å². The number of ether oxygens (including phenoxy) is 4. The van der Waals surface area contributed by atoms with Crippen molar-refractivity contribution >= 4 is 0 Å². The van der Waals surface area contributed by atoms with E-state index in [1.807, 2.05) is 20.8 Å². The zero-order valence-electron chi connectivity index (χ0n) is 32.4. The summed E-state index contributed by atoms with van der Waals surface area (Å²) >= 11 is 0. The van der Waals surface area contributed by atoms with Crippen LogP contribution in [-0.4, -0.2) is 126 Å². The Balaban J connectivity index is 0.938. The largest absolute Gasteiger partial charge is 0.395 e. The summed E-state index contributed by atoms with van der Waals surface area (Å²) in [7, 11) is 0. The minimum Gasteiger partial charge on any atom is -0.395 e. The van der Waals surface area contributed by atoms with Gasteiger partial charge in [0.05, 0.1) is 37.1 Å². The van der Waals surface area contributed by atoms with Gasteiger partial charge in [0.25, 0.3) is 0 Å². The Kier molecular flexibility index (Phi) is 9.22. The fraction of sp³-hybridized carbons (Fsp3) is 1.00. The zero-order valence-corrected chi connectivity index (χ0v) is 32.4. The molecule has 286 valence electrons. The predicted octanol–water partition coefficient (Wildman–Crippen LogP) is 4.70. The molecule has 8 aliphatic rings. The first-order chi connectivity index (χ1) is 23.6. The van der Waals surface area contributed by atoms with E-state index in [0.717, 1.165) is 37.1 Å². The minimum absolute atomic E-state index is 0.0302. The first kappa shape index (κ1) is 36.6. The molecule has 5 aliphatic carbocycles. The van der Waals surface area contributed by atoms with Crippen LogP contribution in [-0.2, 0) is 18.9 Å². The molecule has 50 heavy (non-hydrogen) atoms. The van der Waals surface area contributed by atoms with Gasteiger partial charge in [-0.1, -0.05) is 27.7 Å². The van der Waals surface area contributed by atoms with E-state index in [1.54, 1.807) is 0 Å². The van der Waals surface area contributed by atoms with Gasteiger partial charge in [-0.3, -0.25) is 9.80 Å². The van der Waals surface area contributed by atoms with Gasteiger partial charge in [-0.05, 0) is 130 Å². The normalized spacial score (nSPS) is 48.7. The topological polar surface area (TPSA) is 104 Å². The molecule has 0 amide bonds. The van der Waals surface area contributed by atoms with Crippen molar-refractivity contribution in [1.29, 1.82) is 0 Å². The second-order valence-corrected chi connectivity index (χ2v) is 20.0. The summed E-state index contributed by atoms with van der Waals surface area (Å²) in [6.07, 6.45) is 11.0. The SMILES string of the molecule is CCO[C@@H](C1CCC2C(CC3C4CC[C@H]5C(C)(C)[C@@H](OC6CN(CC7(O)CN(CCO)C7)CCO6)CCC56[C@@H](C)[C@@]46CC[C@]23C)O1)C(C)(C)O. The first-order valence-corrected chi connectivity index (χ1v) is 20.7. The molecule has 7 unspecified atom stereocenters. The number of aliphatic hydroxyl groups is 3. The number of hydrogen-bond donors (Lipinski definition) is 3. The van der Waals surface area contributed by atoms with Crippen molar-refractivity contribution in [3.8, 4) is 0 Å². The molecule has 0 aromatic rings. The van der Waals surface area contributed by atoms with Crippen LogP contribution in [0.1, 0.15) is 106 Å². The molecular weight excluding hydrogens is 632 g/mol. The average molecular weight is 703 g/mol. The quantitative estimate of drug-likeness (QED) is 0.299. The lowest BCUT2D eigenvalue weighted by molar-refractivity contribution is -0.249. The molecule has 9 heteroatoms. The third-order valence-electron chi connectivity index (χ3n) is 17.0. The monoisotopic (exact) mass is 703 g/mol. The number of likely N-dealkylation sites (tertiary alicyclic amines) is 1. The Morgan fingerprint density at radius 1 is 0.940 bits per heavy atom. The number of nitrogens with zero attached hydrogens (tertiary/aromatic N) is 2. The van der Waals surface area contributed by atoms with E-state index in [-0.39, 0.29) is 42.7 Å². The molecule has 2 spiro atoms. The van der Waals surface area contributed by atoms with E-state index in [2.05, 4.69) is 37.5 Å². The highest BCUT2D eigenvalue weighted by Gasteiger charge is 2.84. The molecule has 3 aliphatic heterocycles. The van der Waals surface area contributed by atoms with E-state index in [0.29, 0.717) is 74.0 Å². The number of fused-ring (bicyclic) bond motifs is 4. The summed E-state index contributed by atoms with van der Waals surface area (Å²) in [5, 5.41) is 31.3. The van der Waals surface area contributed by atoms with Crippen LogP contribution in [0.25, 0.3) is 0 Å².